The molecule has 1 amide bonds. The number of benzene rings is 1. The first kappa shape index (κ1) is 10.1. The van der Waals surface area contributed by atoms with Crippen molar-refractivity contribution in [1.29, 1.82) is 0 Å². The van der Waals surface area contributed by atoms with Crippen LogP contribution in [0.5, 0.6) is 0 Å². The first-order valence-electron chi connectivity index (χ1n) is 4.91. The van der Waals surface area contributed by atoms with Crippen LogP contribution >= 0.6 is 0 Å². The first-order chi connectivity index (χ1) is 7.18. The Kier molecular flexibility index (Phi) is 2.68. The lowest BCUT2D eigenvalue weighted by molar-refractivity contribution is -0.122. The second-order valence-electron chi connectivity index (χ2n) is 3.64. The number of aliphatic hydroxyl groups is 1. The number of hydrogen-bond acceptors (Lipinski definition) is 2. The van der Waals surface area contributed by atoms with Gasteiger partial charge in [0.2, 0.25) is 5.91 Å². The van der Waals surface area contributed by atoms with E-state index in [4.69, 9.17) is 0 Å². The average molecular weight is 209 g/mol. The van der Waals surface area contributed by atoms with Crippen molar-refractivity contribution in [3.63, 3.8) is 0 Å². The summed E-state index contributed by atoms with van der Waals surface area (Å²) < 4.78 is 13.4. The summed E-state index contributed by atoms with van der Waals surface area (Å²) in [6.45, 7) is 0.376. The van der Waals surface area contributed by atoms with E-state index < -0.39 is 11.9 Å². The summed E-state index contributed by atoms with van der Waals surface area (Å²) in [6.07, 6.45) is -0.00506. The van der Waals surface area contributed by atoms with E-state index in [-0.39, 0.29) is 12.3 Å². The zero-order chi connectivity index (χ0) is 10.8. The van der Waals surface area contributed by atoms with E-state index in [2.05, 4.69) is 0 Å². The van der Waals surface area contributed by atoms with E-state index in [0.29, 0.717) is 18.7 Å². The van der Waals surface area contributed by atoms with Gasteiger partial charge in [-0.2, -0.15) is 0 Å². The van der Waals surface area contributed by atoms with Crippen LogP contribution in [0.4, 0.5) is 10.1 Å². The number of amides is 1. The van der Waals surface area contributed by atoms with Crippen LogP contribution in [0.15, 0.2) is 24.3 Å². The Morgan fingerprint density at radius 2 is 2.13 bits per heavy atom. The maximum absolute atomic E-state index is 13.4. The van der Waals surface area contributed by atoms with Crippen LogP contribution in [0.1, 0.15) is 12.8 Å². The predicted molar refractivity (Wildman–Crippen MR) is 54.0 cm³/mol. The molecule has 1 heterocycles. The quantitative estimate of drug-likeness (QED) is 0.757. The highest BCUT2D eigenvalue weighted by atomic mass is 19.1. The Morgan fingerprint density at radius 3 is 2.80 bits per heavy atom. The molecule has 1 atom stereocenters. The van der Waals surface area contributed by atoms with Gasteiger partial charge in [0.05, 0.1) is 18.2 Å². The van der Waals surface area contributed by atoms with Crippen LogP contribution in [-0.2, 0) is 4.79 Å². The fourth-order valence-electron chi connectivity index (χ4n) is 1.74. The molecular formula is C11H12FNO2. The maximum Gasteiger partial charge on any atom is 0.229 e. The van der Waals surface area contributed by atoms with E-state index in [1.165, 1.54) is 11.0 Å². The van der Waals surface area contributed by atoms with Crippen LogP contribution in [0, 0.1) is 5.82 Å². The average Bonchev–Trinajstić information content (AvgIpc) is 2.20. The summed E-state index contributed by atoms with van der Waals surface area (Å²) in [6, 6.07) is 6.18. The number of nitrogens with zero attached hydrogens (tertiary/aromatic N) is 1. The Balaban J connectivity index is 2.24. The molecular weight excluding hydrogens is 197 g/mol. The maximum atomic E-state index is 13.4. The molecule has 1 aliphatic heterocycles. The first-order valence-corrected chi connectivity index (χ1v) is 4.91. The van der Waals surface area contributed by atoms with Gasteiger partial charge >= 0.3 is 0 Å². The van der Waals surface area contributed by atoms with Gasteiger partial charge in [0.1, 0.15) is 5.82 Å². The third-order valence-corrected chi connectivity index (χ3v) is 2.54. The molecule has 0 aromatic heterocycles. The van der Waals surface area contributed by atoms with Crippen molar-refractivity contribution >= 4 is 11.6 Å². The number of rotatable bonds is 1. The fourth-order valence-corrected chi connectivity index (χ4v) is 1.74. The van der Waals surface area contributed by atoms with Crippen molar-refractivity contribution in [3.8, 4) is 0 Å². The fraction of sp³-hybridized carbons (Fsp3) is 0.364. The molecule has 15 heavy (non-hydrogen) atoms. The molecule has 0 radical (unpaired) electrons. The molecule has 1 aliphatic rings. The van der Waals surface area contributed by atoms with E-state index in [1.807, 2.05) is 0 Å². The second-order valence-corrected chi connectivity index (χ2v) is 3.64. The van der Waals surface area contributed by atoms with Crippen molar-refractivity contribution in [3.05, 3.63) is 30.1 Å². The van der Waals surface area contributed by atoms with Gasteiger partial charge in [0.15, 0.2) is 0 Å². The lowest BCUT2D eigenvalue weighted by atomic mass is 10.1. The molecule has 0 aliphatic carbocycles. The van der Waals surface area contributed by atoms with E-state index in [0.717, 1.165) is 0 Å². The summed E-state index contributed by atoms with van der Waals surface area (Å²) in [7, 11) is 0. The molecule has 80 valence electrons. The highest BCUT2D eigenvalue weighted by molar-refractivity contribution is 5.94. The molecule has 1 N–H and O–H groups in total. The van der Waals surface area contributed by atoms with Gasteiger partial charge in [-0.1, -0.05) is 12.1 Å². The predicted octanol–water partition coefficient (Wildman–Crippen LogP) is 1.31. The van der Waals surface area contributed by atoms with Crippen LogP contribution in [-0.4, -0.2) is 23.7 Å². The largest absolute Gasteiger partial charge is 0.393 e. The minimum atomic E-state index is -0.583. The molecule has 0 spiro atoms. The van der Waals surface area contributed by atoms with Gasteiger partial charge in [-0.05, 0) is 18.6 Å². The lowest BCUT2D eigenvalue weighted by Crippen LogP contribution is -2.41. The minimum Gasteiger partial charge on any atom is -0.393 e. The van der Waals surface area contributed by atoms with Crippen molar-refractivity contribution in [2.45, 2.75) is 18.9 Å². The molecule has 1 unspecified atom stereocenters. The summed E-state index contributed by atoms with van der Waals surface area (Å²) in [5.41, 5.74) is 0.300. The number of halogens is 1. The molecule has 0 saturated carbocycles. The highest BCUT2D eigenvalue weighted by Crippen LogP contribution is 2.23. The second kappa shape index (κ2) is 3.98. The Bertz CT molecular complexity index is 381. The SMILES string of the molecule is O=C1CC(O)CCN1c1ccccc1F. The van der Waals surface area contributed by atoms with Crippen molar-refractivity contribution < 1.29 is 14.3 Å². The van der Waals surface area contributed by atoms with Crippen molar-refractivity contribution in [1.82, 2.24) is 0 Å². The van der Waals surface area contributed by atoms with Gasteiger partial charge in [-0.25, -0.2) is 4.39 Å². The Hall–Kier alpha value is -1.42. The number of para-hydroxylation sites is 1. The normalized spacial score (nSPS) is 21.9. The van der Waals surface area contributed by atoms with E-state index >= 15 is 0 Å². The summed E-state index contributed by atoms with van der Waals surface area (Å²) in [5.74, 6) is -0.624. The molecule has 1 fully saturated rings. The van der Waals surface area contributed by atoms with E-state index in [9.17, 15) is 14.3 Å². The summed E-state index contributed by atoms with van der Waals surface area (Å²) in [5, 5.41) is 9.27. The molecule has 2 rings (SSSR count). The standard InChI is InChI=1S/C11H12FNO2/c12-9-3-1-2-4-10(9)13-6-5-8(14)7-11(13)15/h1-4,8,14H,5-7H2. The van der Waals surface area contributed by atoms with E-state index in [1.54, 1.807) is 18.2 Å². The van der Waals surface area contributed by atoms with Crippen LogP contribution in [0.3, 0.4) is 0 Å². The lowest BCUT2D eigenvalue weighted by Gasteiger charge is -2.29. The molecule has 1 aromatic carbocycles. The van der Waals surface area contributed by atoms with Gasteiger partial charge in [0.25, 0.3) is 0 Å². The van der Waals surface area contributed by atoms with Gasteiger partial charge in [-0.3, -0.25) is 4.79 Å². The van der Waals surface area contributed by atoms with Gasteiger partial charge in [0, 0.05) is 6.54 Å². The molecule has 0 bridgehead atoms. The number of anilines is 1. The van der Waals surface area contributed by atoms with Crippen molar-refractivity contribution in [2.75, 3.05) is 11.4 Å². The zero-order valence-corrected chi connectivity index (χ0v) is 8.19. The monoisotopic (exact) mass is 209 g/mol. The minimum absolute atomic E-state index is 0.0777. The zero-order valence-electron chi connectivity index (χ0n) is 8.19. The third-order valence-electron chi connectivity index (χ3n) is 2.54. The molecule has 1 aromatic rings. The number of piperidine rings is 1. The third kappa shape index (κ3) is 1.99. The van der Waals surface area contributed by atoms with Crippen molar-refractivity contribution in [2.24, 2.45) is 0 Å². The smallest absolute Gasteiger partial charge is 0.229 e. The summed E-state index contributed by atoms with van der Waals surface area (Å²) in [4.78, 5) is 12.9. The van der Waals surface area contributed by atoms with Gasteiger partial charge < -0.3 is 10.0 Å². The number of aliphatic hydroxyl groups excluding tert-OH is 1. The molecule has 3 nitrogen and oxygen atoms in total. The highest BCUT2D eigenvalue weighted by Gasteiger charge is 2.26. The van der Waals surface area contributed by atoms with Crippen LogP contribution in [0.2, 0.25) is 0 Å². The van der Waals surface area contributed by atoms with Crippen LogP contribution in [0.25, 0.3) is 0 Å². The Labute approximate surface area is 87.1 Å². The van der Waals surface area contributed by atoms with Crippen LogP contribution < -0.4 is 4.90 Å². The summed E-state index contributed by atoms with van der Waals surface area (Å²) >= 11 is 0. The molecule has 4 heteroatoms. The number of hydrogen-bond donors (Lipinski definition) is 1. The molecule has 1 saturated heterocycles. The number of carbonyl (C=O) groups is 1. The topological polar surface area (TPSA) is 40.5 Å². The number of carbonyl (C=O) groups excluding carboxylic acids is 1. The Morgan fingerprint density at radius 1 is 1.40 bits per heavy atom. The van der Waals surface area contributed by atoms with Gasteiger partial charge in [-0.15, -0.1) is 0 Å².